The van der Waals surface area contributed by atoms with Crippen molar-refractivity contribution in [3.8, 4) is 29.0 Å². The standard InChI is InChI=1S/C27H18FN5O3/c1-16-25-21(14-23(32-27(25)36-33-16)20-4-2-3-5-22(20)28)26(34)31-18-8-11-24(30-15-18)35-19-9-6-17(7-10-19)12-13-29/h2-11,14-15H,12H2,1H3,(H,31,34). The molecule has 0 saturated carbocycles. The Kier molecular flexibility index (Phi) is 6.07. The molecule has 176 valence electrons. The number of carbonyl (C=O) groups excluding carboxylic acids is 1. The molecule has 1 amide bonds. The molecule has 3 aromatic heterocycles. The number of nitriles is 1. The lowest BCUT2D eigenvalue weighted by Gasteiger charge is -2.10. The van der Waals surface area contributed by atoms with Crippen LogP contribution in [0.1, 0.15) is 21.6 Å². The van der Waals surface area contributed by atoms with E-state index in [1.54, 1.807) is 49.4 Å². The summed E-state index contributed by atoms with van der Waals surface area (Å²) in [6, 6.07) is 20.2. The molecule has 36 heavy (non-hydrogen) atoms. The Balaban J connectivity index is 1.38. The third kappa shape index (κ3) is 4.60. The van der Waals surface area contributed by atoms with Gasteiger partial charge in [-0.15, -0.1) is 0 Å². The van der Waals surface area contributed by atoms with E-state index in [2.05, 4.69) is 26.5 Å². The van der Waals surface area contributed by atoms with Crippen molar-refractivity contribution in [2.75, 3.05) is 5.32 Å². The number of amides is 1. The smallest absolute Gasteiger partial charge is 0.259 e. The predicted octanol–water partition coefficient (Wildman–Crippen LogP) is 5.84. The van der Waals surface area contributed by atoms with Gasteiger partial charge in [-0.3, -0.25) is 4.79 Å². The summed E-state index contributed by atoms with van der Waals surface area (Å²) in [6.45, 7) is 1.70. The van der Waals surface area contributed by atoms with E-state index in [1.165, 1.54) is 18.3 Å². The Morgan fingerprint density at radius 3 is 2.67 bits per heavy atom. The molecule has 2 aromatic carbocycles. The molecular weight excluding hydrogens is 461 g/mol. The van der Waals surface area contributed by atoms with Crippen molar-refractivity contribution in [1.82, 2.24) is 15.1 Å². The van der Waals surface area contributed by atoms with Crippen molar-refractivity contribution >= 4 is 22.7 Å². The van der Waals surface area contributed by atoms with E-state index in [4.69, 9.17) is 14.5 Å². The van der Waals surface area contributed by atoms with Crippen LogP contribution in [0.5, 0.6) is 11.6 Å². The molecule has 0 aliphatic heterocycles. The number of hydrogen-bond donors (Lipinski definition) is 1. The number of nitrogens with zero attached hydrogens (tertiary/aromatic N) is 4. The van der Waals surface area contributed by atoms with Crippen LogP contribution in [0.25, 0.3) is 22.4 Å². The normalized spacial score (nSPS) is 10.7. The lowest BCUT2D eigenvalue weighted by molar-refractivity contribution is 0.102. The molecular formula is C27H18FN5O3. The maximum absolute atomic E-state index is 14.4. The number of carbonyl (C=O) groups is 1. The lowest BCUT2D eigenvalue weighted by Crippen LogP contribution is -2.13. The molecule has 0 aliphatic carbocycles. The highest BCUT2D eigenvalue weighted by Gasteiger charge is 2.20. The summed E-state index contributed by atoms with van der Waals surface area (Å²) in [5, 5.41) is 15.9. The van der Waals surface area contributed by atoms with Gasteiger partial charge in [-0.05, 0) is 48.9 Å². The predicted molar refractivity (Wildman–Crippen MR) is 130 cm³/mol. The van der Waals surface area contributed by atoms with Gasteiger partial charge in [-0.2, -0.15) is 5.26 Å². The number of ether oxygens (including phenoxy) is 1. The molecule has 9 heteroatoms. The van der Waals surface area contributed by atoms with E-state index in [0.29, 0.717) is 34.8 Å². The van der Waals surface area contributed by atoms with Crippen molar-refractivity contribution in [2.24, 2.45) is 0 Å². The van der Waals surface area contributed by atoms with Crippen LogP contribution in [-0.4, -0.2) is 21.0 Å². The van der Waals surface area contributed by atoms with Gasteiger partial charge in [-0.25, -0.2) is 14.4 Å². The van der Waals surface area contributed by atoms with Crippen LogP contribution in [0.15, 0.2) is 77.4 Å². The number of hydrogen-bond acceptors (Lipinski definition) is 7. The van der Waals surface area contributed by atoms with Crippen LogP contribution >= 0.6 is 0 Å². The summed E-state index contributed by atoms with van der Waals surface area (Å²) < 4.78 is 25.4. The Hall–Kier alpha value is -5.10. The second-order valence-electron chi connectivity index (χ2n) is 7.90. The molecule has 0 unspecified atom stereocenters. The SMILES string of the molecule is Cc1noc2nc(-c3ccccc3F)cc(C(=O)Nc3ccc(Oc4ccc(CC#N)cc4)nc3)c12. The number of rotatable bonds is 6. The van der Waals surface area contributed by atoms with Crippen molar-refractivity contribution in [1.29, 1.82) is 5.26 Å². The Morgan fingerprint density at radius 2 is 1.94 bits per heavy atom. The molecule has 0 saturated heterocycles. The zero-order chi connectivity index (χ0) is 25.1. The molecule has 3 heterocycles. The topological polar surface area (TPSA) is 114 Å². The second kappa shape index (κ2) is 9.64. The number of anilines is 1. The number of fused-ring (bicyclic) bond motifs is 1. The fourth-order valence-electron chi connectivity index (χ4n) is 3.68. The molecule has 8 nitrogen and oxygen atoms in total. The third-order valence-corrected chi connectivity index (χ3v) is 5.43. The van der Waals surface area contributed by atoms with Crippen LogP contribution in [0.4, 0.5) is 10.1 Å². The fraction of sp³-hybridized carbons (Fsp3) is 0.0741. The molecule has 1 N–H and O–H groups in total. The van der Waals surface area contributed by atoms with Gasteiger partial charge >= 0.3 is 0 Å². The average Bonchev–Trinajstić information content (AvgIpc) is 3.27. The Bertz CT molecular complexity index is 1610. The average molecular weight is 479 g/mol. The lowest BCUT2D eigenvalue weighted by atomic mass is 10.0. The van der Waals surface area contributed by atoms with Crippen LogP contribution in [0.2, 0.25) is 0 Å². The molecule has 0 atom stereocenters. The quantitative estimate of drug-likeness (QED) is 0.325. The van der Waals surface area contributed by atoms with Gasteiger partial charge in [0.05, 0.1) is 46.7 Å². The van der Waals surface area contributed by atoms with Gasteiger partial charge in [0, 0.05) is 11.6 Å². The Morgan fingerprint density at radius 1 is 1.14 bits per heavy atom. The van der Waals surface area contributed by atoms with Crippen LogP contribution in [0.3, 0.4) is 0 Å². The van der Waals surface area contributed by atoms with Crippen molar-refractivity contribution < 1.29 is 18.4 Å². The van der Waals surface area contributed by atoms with E-state index in [0.717, 1.165) is 5.56 Å². The van der Waals surface area contributed by atoms with Crippen molar-refractivity contribution in [3.05, 3.63) is 95.6 Å². The summed E-state index contributed by atoms with van der Waals surface area (Å²) in [4.78, 5) is 21.8. The number of aryl methyl sites for hydroxylation is 1. The van der Waals surface area contributed by atoms with E-state index >= 15 is 0 Å². The van der Waals surface area contributed by atoms with E-state index in [-0.39, 0.29) is 22.5 Å². The summed E-state index contributed by atoms with van der Waals surface area (Å²) in [5.41, 5.74) is 2.70. The first kappa shape index (κ1) is 22.7. The molecule has 0 spiro atoms. The van der Waals surface area contributed by atoms with Gasteiger partial charge in [-0.1, -0.05) is 29.4 Å². The van der Waals surface area contributed by atoms with Gasteiger partial charge in [0.1, 0.15) is 11.6 Å². The van der Waals surface area contributed by atoms with E-state index in [9.17, 15) is 9.18 Å². The van der Waals surface area contributed by atoms with Crippen LogP contribution < -0.4 is 10.1 Å². The van der Waals surface area contributed by atoms with Gasteiger partial charge < -0.3 is 14.6 Å². The van der Waals surface area contributed by atoms with E-state index in [1.807, 2.05) is 12.1 Å². The number of halogens is 1. The first-order chi connectivity index (χ1) is 17.5. The highest BCUT2D eigenvalue weighted by atomic mass is 19.1. The van der Waals surface area contributed by atoms with Crippen molar-refractivity contribution in [3.63, 3.8) is 0 Å². The summed E-state index contributed by atoms with van der Waals surface area (Å²) in [5.74, 6) is -0.00547. The number of nitrogens with one attached hydrogen (secondary N) is 1. The minimum Gasteiger partial charge on any atom is -0.439 e. The highest BCUT2D eigenvalue weighted by molar-refractivity contribution is 6.13. The molecule has 5 aromatic rings. The van der Waals surface area contributed by atoms with E-state index < -0.39 is 11.7 Å². The number of benzene rings is 2. The highest BCUT2D eigenvalue weighted by Crippen LogP contribution is 2.29. The van der Waals surface area contributed by atoms with Crippen LogP contribution in [0, 0.1) is 24.1 Å². The second-order valence-corrected chi connectivity index (χ2v) is 7.90. The minimum absolute atomic E-state index is 0.140. The molecule has 0 bridgehead atoms. The molecule has 0 radical (unpaired) electrons. The zero-order valence-electron chi connectivity index (χ0n) is 19.0. The fourth-order valence-corrected chi connectivity index (χ4v) is 3.68. The summed E-state index contributed by atoms with van der Waals surface area (Å²) in [6.07, 6.45) is 1.79. The maximum Gasteiger partial charge on any atom is 0.259 e. The third-order valence-electron chi connectivity index (χ3n) is 5.43. The monoisotopic (exact) mass is 479 g/mol. The number of aromatic nitrogens is 3. The molecule has 5 rings (SSSR count). The van der Waals surface area contributed by atoms with Gasteiger partial charge in [0.2, 0.25) is 5.88 Å². The van der Waals surface area contributed by atoms with Crippen molar-refractivity contribution in [2.45, 2.75) is 13.3 Å². The maximum atomic E-state index is 14.4. The van der Waals surface area contributed by atoms with Gasteiger partial charge in [0.15, 0.2) is 0 Å². The first-order valence-electron chi connectivity index (χ1n) is 10.9. The Labute approximate surface area is 205 Å². The minimum atomic E-state index is -0.466. The molecule has 0 fully saturated rings. The molecule has 0 aliphatic rings. The zero-order valence-corrected chi connectivity index (χ0v) is 19.0. The van der Waals surface area contributed by atoms with Gasteiger partial charge in [0.25, 0.3) is 11.6 Å². The number of pyridine rings is 2. The largest absolute Gasteiger partial charge is 0.439 e. The summed E-state index contributed by atoms with van der Waals surface area (Å²) >= 11 is 0. The van der Waals surface area contributed by atoms with Crippen LogP contribution in [-0.2, 0) is 6.42 Å². The first-order valence-corrected chi connectivity index (χ1v) is 10.9. The summed E-state index contributed by atoms with van der Waals surface area (Å²) in [7, 11) is 0.